The highest BCUT2D eigenvalue weighted by Gasteiger charge is 2.22. The van der Waals surface area contributed by atoms with Gasteiger partial charge in [-0.05, 0) is 30.5 Å². The van der Waals surface area contributed by atoms with Crippen molar-refractivity contribution in [3.63, 3.8) is 0 Å². The van der Waals surface area contributed by atoms with Gasteiger partial charge in [0.05, 0.1) is 15.8 Å². The number of aromatic nitrogens is 3. The van der Waals surface area contributed by atoms with Crippen molar-refractivity contribution in [1.82, 2.24) is 14.8 Å². The Morgan fingerprint density at radius 1 is 1.29 bits per heavy atom. The fourth-order valence-corrected chi connectivity index (χ4v) is 3.99. The van der Waals surface area contributed by atoms with Crippen molar-refractivity contribution in [2.75, 3.05) is 5.32 Å². The first kappa shape index (κ1) is 20.0. The van der Waals surface area contributed by atoms with Gasteiger partial charge in [0.15, 0.2) is 11.0 Å². The summed E-state index contributed by atoms with van der Waals surface area (Å²) in [6.45, 7) is 2.00. The van der Waals surface area contributed by atoms with E-state index in [-0.39, 0.29) is 18.0 Å². The van der Waals surface area contributed by atoms with E-state index in [9.17, 15) is 14.0 Å². The summed E-state index contributed by atoms with van der Waals surface area (Å²) in [5.41, 5.74) is 5.40. The summed E-state index contributed by atoms with van der Waals surface area (Å²) in [6, 6.07) is 9.76. The van der Waals surface area contributed by atoms with E-state index in [2.05, 4.69) is 15.5 Å². The van der Waals surface area contributed by atoms with Crippen LogP contribution in [0, 0.1) is 5.82 Å². The van der Waals surface area contributed by atoms with Crippen LogP contribution in [0.5, 0.6) is 0 Å². The third-order valence-electron chi connectivity index (χ3n) is 3.82. The van der Waals surface area contributed by atoms with Crippen LogP contribution in [0.1, 0.15) is 13.3 Å². The van der Waals surface area contributed by atoms with Gasteiger partial charge in [-0.1, -0.05) is 30.0 Å². The predicted octanol–water partition coefficient (Wildman–Crippen LogP) is 3.14. The van der Waals surface area contributed by atoms with E-state index in [0.717, 1.165) is 4.88 Å². The number of thiophene rings is 1. The number of para-hydroxylation sites is 1. The molecule has 3 rings (SSSR count). The summed E-state index contributed by atoms with van der Waals surface area (Å²) >= 11 is 2.68. The zero-order valence-electron chi connectivity index (χ0n) is 15.0. The Bertz CT molecular complexity index is 974. The summed E-state index contributed by atoms with van der Waals surface area (Å²) in [7, 11) is 0. The molecule has 0 aliphatic carbocycles. The quantitative estimate of drug-likeness (QED) is 0.546. The zero-order valence-corrected chi connectivity index (χ0v) is 16.6. The predicted molar refractivity (Wildman–Crippen MR) is 107 cm³/mol. The number of carbonyl (C=O) groups excluding carboxylic acids is 2. The van der Waals surface area contributed by atoms with E-state index in [1.165, 1.54) is 35.2 Å². The molecule has 10 heteroatoms. The Hall–Kier alpha value is -2.72. The second-order valence-electron chi connectivity index (χ2n) is 5.88. The van der Waals surface area contributed by atoms with Gasteiger partial charge in [-0.15, -0.1) is 21.5 Å². The molecule has 3 aromatic rings. The number of carbonyl (C=O) groups is 2. The lowest BCUT2D eigenvalue weighted by Gasteiger charge is -2.13. The van der Waals surface area contributed by atoms with Crippen molar-refractivity contribution in [3.8, 4) is 10.7 Å². The number of hydrogen-bond donors (Lipinski definition) is 2. The summed E-state index contributed by atoms with van der Waals surface area (Å²) in [6.07, 6.45) is 0.125. The number of rotatable bonds is 8. The van der Waals surface area contributed by atoms with Gasteiger partial charge in [0.2, 0.25) is 11.8 Å². The lowest BCUT2D eigenvalue weighted by molar-refractivity contribution is -0.118. The molecule has 3 N–H and O–H groups in total. The molecule has 0 saturated carbocycles. The molecule has 0 unspecified atom stereocenters. The maximum Gasteiger partial charge on any atom is 0.237 e. The zero-order chi connectivity index (χ0) is 20.1. The number of primary amides is 1. The van der Waals surface area contributed by atoms with Crippen LogP contribution in [0.3, 0.4) is 0 Å². The normalized spacial score (nSPS) is 11.9. The van der Waals surface area contributed by atoms with Crippen LogP contribution in [-0.2, 0) is 16.1 Å². The van der Waals surface area contributed by atoms with Gasteiger partial charge in [0.1, 0.15) is 5.82 Å². The number of halogens is 1. The second-order valence-corrected chi connectivity index (χ2v) is 8.14. The van der Waals surface area contributed by atoms with E-state index in [1.54, 1.807) is 23.6 Å². The number of anilines is 1. The van der Waals surface area contributed by atoms with Crippen molar-refractivity contribution >= 4 is 40.6 Å². The lowest BCUT2D eigenvalue weighted by atomic mass is 10.3. The Labute approximate surface area is 169 Å². The SMILES string of the molecule is C[C@H](Sc1nnc(-c2cccs2)n1CCC(N)=O)C(=O)Nc1ccccc1F. The Balaban J connectivity index is 1.78. The maximum absolute atomic E-state index is 13.8. The average Bonchev–Trinajstić information content (AvgIpc) is 3.31. The first-order chi connectivity index (χ1) is 13.5. The standard InChI is InChI=1S/C18H18FN5O2S2/c1-11(17(26)21-13-6-3-2-5-12(13)19)28-18-23-22-16(14-7-4-10-27-14)24(18)9-8-15(20)25/h2-7,10-11H,8-9H2,1H3,(H2,20,25)(H,21,26)/t11-/m0/s1. The maximum atomic E-state index is 13.8. The van der Waals surface area contributed by atoms with Gasteiger partial charge in [0, 0.05) is 13.0 Å². The minimum absolute atomic E-state index is 0.120. The van der Waals surface area contributed by atoms with Crippen molar-refractivity contribution < 1.29 is 14.0 Å². The molecule has 0 fully saturated rings. The molecule has 0 bridgehead atoms. The molecule has 0 spiro atoms. The van der Waals surface area contributed by atoms with Crippen molar-refractivity contribution in [2.24, 2.45) is 5.73 Å². The summed E-state index contributed by atoms with van der Waals surface area (Å²) in [5, 5.41) is 12.8. The lowest BCUT2D eigenvalue weighted by Crippen LogP contribution is -2.23. The molecule has 2 heterocycles. The highest BCUT2D eigenvalue weighted by molar-refractivity contribution is 8.00. The number of thioether (sulfide) groups is 1. The van der Waals surface area contributed by atoms with Crippen molar-refractivity contribution in [1.29, 1.82) is 0 Å². The molecule has 2 amide bonds. The first-order valence-corrected chi connectivity index (χ1v) is 10.2. The monoisotopic (exact) mass is 419 g/mol. The molecule has 28 heavy (non-hydrogen) atoms. The fraction of sp³-hybridized carbons (Fsp3) is 0.222. The van der Waals surface area contributed by atoms with E-state index in [1.807, 2.05) is 17.5 Å². The van der Waals surface area contributed by atoms with E-state index in [4.69, 9.17) is 5.73 Å². The molecule has 0 radical (unpaired) electrons. The van der Waals surface area contributed by atoms with Crippen LogP contribution >= 0.6 is 23.1 Å². The van der Waals surface area contributed by atoms with Crippen LogP contribution in [0.15, 0.2) is 46.9 Å². The third-order valence-corrected chi connectivity index (χ3v) is 5.77. The number of benzene rings is 1. The summed E-state index contributed by atoms with van der Waals surface area (Å²) < 4.78 is 15.5. The third kappa shape index (κ3) is 4.76. The van der Waals surface area contributed by atoms with Crippen LogP contribution in [0.4, 0.5) is 10.1 Å². The van der Waals surface area contributed by atoms with E-state index in [0.29, 0.717) is 17.5 Å². The molecule has 1 aromatic carbocycles. The number of nitrogens with one attached hydrogen (secondary N) is 1. The van der Waals surface area contributed by atoms with Crippen LogP contribution < -0.4 is 11.1 Å². The number of amides is 2. The Morgan fingerprint density at radius 2 is 2.07 bits per heavy atom. The van der Waals surface area contributed by atoms with Gasteiger partial charge >= 0.3 is 0 Å². The molecule has 0 aliphatic heterocycles. The molecular weight excluding hydrogens is 401 g/mol. The minimum atomic E-state index is -0.563. The molecule has 2 aromatic heterocycles. The van der Waals surface area contributed by atoms with Crippen LogP contribution in [-0.4, -0.2) is 31.8 Å². The molecule has 0 saturated heterocycles. The van der Waals surface area contributed by atoms with E-state index < -0.39 is 17.0 Å². The van der Waals surface area contributed by atoms with Gasteiger partial charge in [0.25, 0.3) is 0 Å². The van der Waals surface area contributed by atoms with Gasteiger partial charge in [-0.3, -0.25) is 9.59 Å². The highest BCUT2D eigenvalue weighted by atomic mass is 32.2. The van der Waals surface area contributed by atoms with Gasteiger partial charge in [-0.25, -0.2) is 4.39 Å². The molecule has 146 valence electrons. The molecule has 7 nitrogen and oxygen atoms in total. The summed E-state index contributed by atoms with van der Waals surface area (Å²) in [5.74, 6) is -0.692. The van der Waals surface area contributed by atoms with Crippen LogP contribution in [0.25, 0.3) is 10.7 Å². The number of nitrogens with zero attached hydrogens (tertiary/aromatic N) is 3. The van der Waals surface area contributed by atoms with Crippen LogP contribution in [0.2, 0.25) is 0 Å². The number of hydrogen-bond acceptors (Lipinski definition) is 6. The average molecular weight is 420 g/mol. The largest absolute Gasteiger partial charge is 0.370 e. The molecular formula is C18H18FN5O2S2. The van der Waals surface area contributed by atoms with Crippen molar-refractivity contribution in [3.05, 3.63) is 47.6 Å². The topological polar surface area (TPSA) is 103 Å². The number of nitrogens with two attached hydrogens (primary N) is 1. The van der Waals surface area contributed by atoms with Crippen molar-refractivity contribution in [2.45, 2.75) is 30.3 Å². The second kappa shape index (κ2) is 8.98. The molecule has 0 aliphatic rings. The fourth-order valence-electron chi connectivity index (χ4n) is 2.40. The Morgan fingerprint density at radius 3 is 2.75 bits per heavy atom. The summed E-state index contributed by atoms with van der Waals surface area (Å²) in [4.78, 5) is 24.6. The Kier molecular flexibility index (Phi) is 6.42. The van der Waals surface area contributed by atoms with Gasteiger partial charge < -0.3 is 15.6 Å². The highest BCUT2D eigenvalue weighted by Crippen LogP contribution is 2.30. The smallest absolute Gasteiger partial charge is 0.237 e. The molecule has 1 atom stereocenters. The van der Waals surface area contributed by atoms with Gasteiger partial charge in [-0.2, -0.15) is 0 Å². The minimum Gasteiger partial charge on any atom is -0.370 e. The van der Waals surface area contributed by atoms with E-state index >= 15 is 0 Å². The first-order valence-electron chi connectivity index (χ1n) is 8.43.